The van der Waals surface area contributed by atoms with Gasteiger partial charge in [-0.1, -0.05) is 54.6 Å². The number of nitrogens with one attached hydrogen (secondary N) is 1. The highest BCUT2D eigenvalue weighted by atomic mass is 19.4. The second-order valence-electron chi connectivity index (χ2n) is 7.05. The molecule has 1 heterocycles. The zero-order valence-corrected chi connectivity index (χ0v) is 16.8. The summed E-state index contributed by atoms with van der Waals surface area (Å²) in [7, 11) is 0. The van der Waals surface area contributed by atoms with Crippen LogP contribution in [0.15, 0.2) is 84.6 Å². The summed E-state index contributed by atoms with van der Waals surface area (Å²) in [6.07, 6.45) is -4.90. The molecule has 1 aliphatic rings. The minimum atomic E-state index is -4.90. The highest BCUT2D eigenvalue weighted by Gasteiger charge is 2.41. The number of imide groups is 1. The summed E-state index contributed by atoms with van der Waals surface area (Å²) in [5.74, 6) is -1.86. The molecule has 4 rings (SSSR count). The minimum absolute atomic E-state index is 0.0308. The Morgan fingerprint density at radius 1 is 0.844 bits per heavy atom. The molecule has 3 aromatic carbocycles. The molecule has 0 aliphatic carbocycles. The number of hydrogen-bond donors (Lipinski definition) is 1. The van der Waals surface area contributed by atoms with E-state index < -0.39 is 23.9 Å². The van der Waals surface area contributed by atoms with Crippen molar-refractivity contribution in [3.63, 3.8) is 0 Å². The number of aryl methyl sites for hydroxylation is 1. The van der Waals surface area contributed by atoms with Crippen LogP contribution in [-0.4, -0.2) is 18.2 Å². The monoisotopic (exact) mass is 438 g/mol. The van der Waals surface area contributed by atoms with Gasteiger partial charge in [0.15, 0.2) is 0 Å². The summed E-state index contributed by atoms with van der Waals surface area (Å²) in [5, 5.41) is 3.05. The van der Waals surface area contributed by atoms with Gasteiger partial charge >= 0.3 is 6.36 Å². The molecule has 0 aromatic heterocycles. The fourth-order valence-corrected chi connectivity index (χ4v) is 3.42. The van der Waals surface area contributed by atoms with Crippen molar-refractivity contribution in [2.24, 2.45) is 0 Å². The topological polar surface area (TPSA) is 58.6 Å². The Hall–Kier alpha value is -4.07. The van der Waals surface area contributed by atoms with E-state index in [2.05, 4.69) is 10.1 Å². The van der Waals surface area contributed by atoms with Crippen LogP contribution in [0, 0.1) is 6.92 Å². The lowest BCUT2D eigenvalue weighted by molar-refractivity contribution is -0.274. The fourth-order valence-electron chi connectivity index (χ4n) is 3.42. The molecule has 8 heteroatoms. The van der Waals surface area contributed by atoms with Crippen LogP contribution in [0.2, 0.25) is 0 Å². The number of carbonyl (C=O) groups is 2. The summed E-state index contributed by atoms with van der Waals surface area (Å²) in [6, 6.07) is 20.6. The number of halogens is 3. The van der Waals surface area contributed by atoms with E-state index in [0.717, 1.165) is 22.6 Å². The third-order valence-corrected chi connectivity index (χ3v) is 4.86. The maximum Gasteiger partial charge on any atom is 0.573 e. The lowest BCUT2D eigenvalue weighted by atomic mass is 10.0. The molecule has 162 valence electrons. The van der Waals surface area contributed by atoms with Crippen molar-refractivity contribution in [2.45, 2.75) is 13.3 Å². The molecule has 32 heavy (non-hydrogen) atoms. The van der Waals surface area contributed by atoms with E-state index in [1.54, 1.807) is 42.5 Å². The molecule has 0 radical (unpaired) electrons. The van der Waals surface area contributed by atoms with Gasteiger partial charge in [-0.2, -0.15) is 0 Å². The van der Waals surface area contributed by atoms with E-state index in [1.807, 2.05) is 19.1 Å². The highest BCUT2D eigenvalue weighted by molar-refractivity contribution is 6.46. The smallest absolute Gasteiger partial charge is 0.406 e. The van der Waals surface area contributed by atoms with Crippen LogP contribution in [0.3, 0.4) is 0 Å². The van der Waals surface area contributed by atoms with Gasteiger partial charge in [-0.3, -0.25) is 9.59 Å². The van der Waals surface area contributed by atoms with Crippen molar-refractivity contribution in [1.29, 1.82) is 0 Å². The first-order chi connectivity index (χ1) is 15.2. The molecule has 0 fully saturated rings. The van der Waals surface area contributed by atoms with E-state index in [9.17, 15) is 22.8 Å². The van der Waals surface area contributed by atoms with E-state index in [-0.39, 0.29) is 17.0 Å². The largest absolute Gasteiger partial charge is 0.573 e. The van der Waals surface area contributed by atoms with Crippen molar-refractivity contribution in [3.8, 4) is 5.75 Å². The van der Waals surface area contributed by atoms with Crippen molar-refractivity contribution in [3.05, 3.63) is 95.7 Å². The number of hydrogen-bond acceptors (Lipinski definition) is 4. The first kappa shape index (κ1) is 21.2. The third-order valence-electron chi connectivity index (χ3n) is 4.86. The van der Waals surface area contributed by atoms with E-state index in [4.69, 9.17) is 0 Å². The molecule has 0 saturated carbocycles. The summed E-state index contributed by atoms with van der Waals surface area (Å²) in [5.41, 5.74) is 2.13. The molecule has 1 aliphatic heterocycles. The third kappa shape index (κ3) is 4.20. The first-order valence-corrected chi connectivity index (χ1v) is 9.61. The standard InChI is InChI=1S/C24H17F3N2O3/c1-15-8-5-6-13-19(15)28-21-20(16-9-3-2-4-10-16)22(30)29(23(21)31)17-11-7-12-18(14-17)32-24(25,26)27/h2-14,28H,1H3. The molecule has 3 aromatic rings. The van der Waals surface area contributed by atoms with E-state index in [1.165, 1.54) is 12.1 Å². The molecular weight excluding hydrogens is 421 g/mol. The van der Waals surface area contributed by atoms with Gasteiger partial charge in [-0.05, 0) is 36.2 Å². The molecular formula is C24H17F3N2O3. The molecule has 5 nitrogen and oxygen atoms in total. The molecule has 1 N–H and O–H groups in total. The SMILES string of the molecule is Cc1ccccc1NC1=C(c2ccccc2)C(=O)N(c2cccc(OC(F)(F)F)c2)C1=O. The van der Waals surface area contributed by atoms with Gasteiger partial charge in [-0.15, -0.1) is 13.2 Å². The van der Waals surface area contributed by atoms with Gasteiger partial charge < -0.3 is 10.1 Å². The molecule has 0 unspecified atom stereocenters. The summed E-state index contributed by atoms with van der Waals surface area (Å²) < 4.78 is 41.9. The van der Waals surface area contributed by atoms with Crippen LogP contribution in [0.4, 0.5) is 24.5 Å². The second-order valence-corrected chi connectivity index (χ2v) is 7.05. The average molecular weight is 438 g/mol. The summed E-state index contributed by atoms with van der Waals surface area (Å²) >= 11 is 0. The Kier molecular flexibility index (Phi) is 5.44. The molecule has 0 atom stereocenters. The zero-order valence-electron chi connectivity index (χ0n) is 16.8. The molecule has 0 saturated heterocycles. The number of para-hydroxylation sites is 1. The van der Waals surface area contributed by atoms with Gasteiger partial charge in [0.1, 0.15) is 11.4 Å². The Labute approximate surface area is 181 Å². The number of rotatable bonds is 5. The Bertz CT molecular complexity index is 1220. The van der Waals surface area contributed by atoms with Gasteiger partial charge in [0.2, 0.25) is 0 Å². The number of alkyl halides is 3. The van der Waals surface area contributed by atoms with Crippen LogP contribution in [-0.2, 0) is 9.59 Å². The Morgan fingerprint density at radius 2 is 1.53 bits per heavy atom. The van der Waals surface area contributed by atoms with Gasteiger partial charge in [0, 0.05) is 11.8 Å². The molecule has 0 bridgehead atoms. The maximum atomic E-state index is 13.3. The summed E-state index contributed by atoms with van der Waals surface area (Å²) in [4.78, 5) is 27.5. The predicted octanol–water partition coefficient (Wildman–Crippen LogP) is 5.29. The van der Waals surface area contributed by atoms with Crippen LogP contribution in [0.25, 0.3) is 5.57 Å². The Morgan fingerprint density at radius 3 is 2.22 bits per heavy atom. The Balaban J connectivity index is 1.78. The number of ether oxygens (including phenoxy) is 1. The normalized spacial score (nSPS) is 14.2. The van der Waals surface area contributed by atoms with Crippen LogP contribution in [0.1, 0.15) is 11.1 Å². The van der Waals surface area contributed by atoms with Gasteiger partial charge in [0.05, 0.1) is 11.3 Å². The number of amides is 2. The average Bonchev–Trinajstić information content (AvgIpc) is 2.99. The van der Waals surface area contributed by atoms with Crippen LogP contribution in [0.5, 0.6) is 5.75 Å². The van der Waals surface area contributed by atoms with E-state index in [0.29, 0.717) is 11.3 Å². The lowest BCUT2D eigenvalue weighted by Gasteiger charge is -2.17. The fraction of sp³-hybridized carbons (Fsp3) is 0.0833. The lowest BCUT2D eigenvalue weighted by Crippen LogP contribution is -2.32. The van der Waals surface area contributed by atoms with Crippen LogP contribution < -0.4 is 15.0 Å². The zero-order chi connectivity index (χ0) is 22.9. The molecule has 2 amide bonds. The number of carbonyl (C=O) groups excluding carboxylic acids is 2. The minimum Gasteiger partial charge on any atom is -0.406 e. The van der Waals surface area contributed by atoms with Gasteiger partial charge in [0.25, 0.3) is 11.8 Å². The van der Waals surface area contributed by atoms with Crippen molar-refractivity contribution >= 4 is 28.8 Å². The van der Waals surface area contributed by atoms with E-state index >= 15 is 0 Å². The van der Waals surface area contributed by atoms with Crippen LogP contribution >= 0.6 is 0 Å². The molecule has 0 spiro atoms. The summed E-state index contributed by atoms with van der Waals surface area (Å²) in [6.45, 7) is 1.85. The number of anilines is 2. The van der Waals surface area contributed by atoms with Crippen molar-refractivity contribution < 1.29 is 27.5 Å². The quantitative estimate of drug-likeness (QED) is 0.550. The van der Waals surface area contributed by atoms with Crippen molar-refractivity contribution in [1.82, 2.24) is 0 Å². The first-order valence-electron chi connectivity index (χ1n) is 9.61. The second kappa shape index (κ2) is 8.22. The predicted molar refractivity (Wildman–Crippen MR) is 114 cm³/mol. The number of benzene rings is 3. The van der Waals surface area contributed by atoms with Crippen molar-refractivity contribution in [2.75, 3.05) is 10.2 Å². The highest BCUT2D eigenvalue weighted by Crippen LogP contribution is 2.36. The van der Waals surface area contributed by atoms with Gasteiger partial charge in [-0.25, -0.2) is 4.90 Å². The maximum absolute atomic E-state index is 13.3. The number of nitrogens with zero attached hydrogens (tertiary/aromatic N) is 1.